The normalized spacial score (nSPS) is 13.5. The maximum absolute atomic E-state index is 13.6. The van der Waals surface area contributed by atoms with Gasteiger partial charge < -0.3 is 5.11 Å². The van der Waals surface area contributed by atoms with Crippen LogP contribution in [-0.2, 0) is 10.0 Å². The van der Waals surface area contributed by atoms with Crippen molar-refractivity contribution in [3.63, 3.8) is 0 Å². The van der Waals surface area contributed by atoms with Crippen LogP contribution in [0.25, 0.3) is 0 Å². The number of carbonyl (C=O) groups is 1. The van der Waals surface area contributed by atoms with Gasteiger partial charge in [-0.25, -0.2) is 22.3 Å². The van der Waals surface area contributed by atoms with Crippen LogP contribution in [0.2, 0.25) is 0 Å². The molecule has 0 aliphatic carbocycles. The van der Waals surface area contributed by atoms with Crippen molar-refractivity contribution in [3.8, 4) is 0 Å². The minimum absolute atomic E-state index is 0.0255. The average Bonchev–Trinajstić information content (AvgIpc) is 2.31. The van der Waals surface area contributed by atoms with E-state index in [1.165, 1.54) is 6.92 Å². The number of sulfonamides is 1. The molecule has 0 fully saturated rings. The van der Waals surface area contributed by atoms with Gasteiger partial charge in [0.2, 0.25) is 10.0 Å². The van der Waals surface area contributed by atoms with E-state index in [1.807, 2.05) is 13.8 Å². The van der Waals surface area contributed by atoms with E-state index < -0.39 is 27.4 Å². The van der Waals surface area contributed by atoms with Crippen LogP contribution in [0, 0.1) is 18.7 Å². The number of benzene rings is 1. The van der Waals surface area contributed by atoms with Crippen molar-refractivity contribution in [1.29, 1.82) is 0 Å². The van der Waals surface area contributed by atoms with E-state index in [0.717, 1.165) is 12.1 Å². The first-order chi connectivity index (χ1) is 9.06. The van der Waals surface area contributed by atoms with Gasteiger partial charge in [-0.05, 0) is 37.5 Å². The lowest BCUT2D eigenvalue weighted by molar-refractivity contribution is 0.0691. The molecular weight excluding hydrogens is 285 g/mol. The third kappa shape index (κ3) is 3.55. The summed E-state index contributed by atoms with van der Waals surface area (Å²) in [5.41, 5.74) is -0.676. The monoisotopic (exact) mass is 303 g/mol. The highest BCUT2D eigenvalue weighted by Crippen LogP contribution is 2.20. The molecule has 0 aliphatic heterocycles. The molecule has 5 nitrogen and oxygen atoms in total. The molecule has 0 amide bonds. The van der Waals surface area contributed by atoms with E-state index in [9.17, 15) is 17.6 Å². The van der Waals surface area contributed by atoms with Crippen LogP contribution in [0.15, 0.2) is 17.0 Å². The van der Waals surface area contributed by atoms with Crippen LogP contribution in [0.3, 0.4) is 0 Å². The summed E-state index contributed by atoms with van der Waals surface area (Å²) in [5.74, 6) is -2.35. The molecule has 1 atom stereocenters. The van der Waals surface area contributed by atoms with Crippen LogP contribution in [0.5, 0.6) is 0 Å². The Labute approximate surface area is 117 Å². The summed E-state index contributed by atoms with van der Waals surface area (Å²) < 4.78 is 40.4. The van der Waals surface area contributed by atoms with Gasteiger partial charge in [0.15, 0.2) is 0 Å². The Kier molecular flexibility index (Phi) is 4.88. The molecule has 0 saturated carbocycles. The molecule has 0 aromatic heterocycles. The average molecular weight is 303 g/mol. The molecule has 112 valence electrons. The Hall–Kier alpha value is -1.47. The second kappa shape index (κ2) is 5.88. The van der Waals surface area contributed by atoms with Crippen molar-refractivity contribution in [2.75, 3.05) is 0 Å². The highest BCUT2D eigenvalue weighted by molar-refractivity contribution is 7.89. The van der Waals surface area contributed by atoms with Crippen LogP contribution < -0.4 is 4.72 Å². The van der Waals surface area contributed by atoms with Crippen LogP contribution >= 0.6 is 0 Å². The minimum atomic E-state index is -3.88. The molecule has 1 aromatic carbocycles. The van der Waals surface area contributed by atoms with Gasteiger partial charge in [0, 0.05) is 6.04 Å². The smallest absolute Gasteiger partial charge is 0.338 e. The van der Waals surface area contributed by atoms with Crippen molar-refractivity contribution in [3.05, 3.63) is 29.1 Å². The molecule has 0 heterocycles. The Morgan fingerprint density at radius 1 is 1.30 bits per heavy atom. The van der Waals surface area contributed by atoms with Crippen LogP contribution in [0.1, 0.15) is 36.7 Å². The van der Waals surface area contributed by atoms with Crippen molar-refractivity contribution < 1.29 is 22.7 Å². The number of carboxylic acid groups (broad SMARTS) is 1. The fourth-order valence-electron chi connectivity index (χ4n) is 1.50. The van der Waals surface area contributed by atoms with Gasteiger partial charge in [-0.1, -0.05) is 13.8 Å². The van der Waals surface area contributed by atoms with E-state index in [0.29, 0.717) is 0 Å². The van der Waals surface area contributed by atoms with Crippen molar-refractivity contribution in [1.82, 2.24) is 4.72 Å². The molecule has 1 rings (SSSR count). The zero-order valence-electron chi connectivity index (χ0n) is 11.8. The molecular formula is C13H18FNO4S. The SMILES string of the molecule is Cc1cc(S(=O)(=O)NC(C)C(C)C)cc(C(=O)O)c1F. The molecule has 0 radical (unpaired) electrons. The van der Waals surface area contributed by atoms with Gasteiger partial charge in [0.1, 0.15) is 5.82 Å². The summed E-state index contributed by atoms with van der Waals surface area (Å²) in [6.07, 6.45) is 0. The quantitative estimate of drug-likeness (QED) is 0.873. The van der Waals surface area contributed by atoms with Crippen LogP contribution in [0.4, 0.5) is 4.39 Å². The maximum Gasteiger partial charge on any atom is 0.338 e. The van der Waals surface area contributed by atoms with E-state index in [-0.39, 0.29) is 22.4 Å². The number of nitrogens with one attached hydrogen (secondary N) is 1. The first-order valence-corrected chi connectivity index (χ1v) is 7.60. The van der Waals surface area contributed by atoms with Gasteiger partial charge in [-0.15, -0.1) is 0 Å². The van der Waals surface area contributed by atoms with E-state index >= 15 is 0 Å². The molecule has 0 bridgehead atoms. The fraction of sp³-hybridized carbons (Fsp3) is 0.462. The summed E-state index contributed by atoms with van der Waals surface area (Å²) in [6.45, 7) is 6.74. The molecule has 1 aromatic rings. The standard InChI is InChI=1S/C13H18FNO4S/c1-7(2)9(4)15-20(18,19)10-5-8(3)12(14)11(6-10)13(16)17/h5-7,9,15H,1-4H3,(H,16,17). The predicted molar refractivity (Wildman–Crippen MR) is 72.7 cm³/mol. The van der Waals surface area contributed by atoms with E-state index in [4.69, 9.17) is 5.11 Å². The number of aryl methyl sites for hydroxylation is 1. The van der Waals surface area contributed by atoms with Gasteiger partial charge in [0.25, 0.3) is 0 Å². The molecule has 0 aliphatic rings. The van der Waals surface area contributed by atoms with Gasteiger partial charge in [0.05, 0.1) is 10.5 Å². The first kappa shape index (κ1) is 16.6. The molecule has 0 saturated heterocycles. The maximum atomic E-state index is 13.6. The lowest BCUT2D eigenvalue weighted by Crippen LogP contribution is -2.36. The topological polar surface area (TPSA) is 83.5 Å². The highest BCUT2D eigenvalue weighted by Gasteiger charge is 2.23. The summed E-state index contributed by atoms with van der Waals surface area (Å²) in [7, 11) is -3.88. The lowest BCUT2D eigenvalue weighted by Gasteiger charge is -2.18. The Bertz CT molecular complexity index is 626. The second-order valence-electron chi connectivity index (χ2n) is 5.06. The first-order valence-electron chi connectivity index (χ1n) is 6.12. The van der Waals surface area contributed by atoms with Gasteiger partial charge in [-0.2, -0.15) is 0 Å². The Morgan fingerprint density at radius 3 is 2.30 bits per heavy atom. The largest absolute Gasteiger partial charge is 0.478 e. The van der Waals surface area contributed by atoms with Crippen molar-refractivity contribution in [2.45, 2.75) is 38.6 Å². The number of rotatable bonds is 5. The zero-order valence-corrected chi connectivity index (χ0v) is 12.6. The third-order valence-corrected chi connectivity index (χ3v) is 4.65. The summed E-state index contributed by atoms with van der Waals surface area (Å²) in [6, 6.07) is 1.63. The number of aromatic carboxylic acids is 1. The third-order valence-electron chi connectivity index (χ3n) is 3.11. The van der Waals surface area contributed by atoms with E-state index in [2.05, 4.69) is 4.72 Å². The fourth-order valence-corrected chi connectivity index (χ4v) is 3.00. The lowest BCUT2D eigenvalue weighted by atomic mass is 10.1. The van der Waals surface area contributed by atoms with Crippen molar-refractivity contribution in [2.24, 2.45) is 5.92 Å². The Morgan fingerprint density at radius 2 is 1.85 bits per heavy atom. The molecule has 20 heavy (non-hydrogen) atoms. The van der Waals surface area contributed by atoms with E-state index in [1.54, 1.807) is 6.92 Å². The van der Waals surface area contributed by atoms with Crippen molar-refractivity contribution >= 4 is 16.0 Å². The highest BCUT2D eigenvalue weighted by atomic mass is 32.2. The minimum Gasteiger partial charge on any atom is -0.478 e. The molecule has 7 heteroatoms. The molecule has 0 spiro atoms. The number of hydrogen-bond donors (Lipinski definition) is 2. The Balaban J connectivity index is 3.30. The summed E-state index contributed by atoms with van der Waals surface area (Å²) >= 11 is 0. The second-order valence-corrected chi connectivity index (χ2v) is 6.77. The van der Waals surface area contributed by atoms with Crippen LogP contribution in [-0.4, -0.2) is 25.5 Å². The number of halogens is 1. The van der Waals surface area contributed by atoms with Gasteiger partial charge in [-0.3, -0.25) is 0 Å². The number of hydrogen-bond acceptors (Lipinski definition) is 3. The zero-order chi connectivity index (χ0) is 15.7. The summed E-state index contributed by atoms with van der Waals surface area (Å²) in [4.78, 5) is 10.7. The predicted octanol–water partition coefficient (Wildman–Crippen LogP) is 2.16. The van der Waals surface area contributed by atoms with Gasteiger partial charge >= 0.3 is 5.97 Å². The number of carboxylic acids is 1. The summed E-state index contributed by atoms with van der Waals surface area (Å²) in [5, 5.41) is 8.90. The molecule has 1 unspecified atom stereocenters. The molecule has 2 N–H and O–H groups in total.